The lowest BCUT2D eigenvalue weighted by molar-refractivity contribution is 0.482. The van der Waals surface area contributed by atoms with Crippen molar-refractivity contribution >= 4 is 18.7 Å². The van der Waals surface area contributed by atoms with E-state index in [0.717, 1.165) is 19.3 Å². The Morgan fingerprint density at radius 1 is 1.40 bits per heavy atom. The van der Waals surface area contributed by atoms with Gasteiger partial charge in [-0.15, -0.1) is 11.3 Å². The highest BCUT2D eigenvalue weighted by Gasteiger charge is 2.09. The summed E-state index contributed by atoms with van der Waals surface area (Å²) in [6.07, 6.45) is 3.35. The topological polar surface area (TPSA) is 37.3 Å². The van der Waals surface area contributed by atoms with E-state index in [9.17, 15) is 4.57 Å². The van der Waals surface area contributed by atoms with Crippen LogP contribution >= 0.6 is 18.7 Å². The fourth-order valence-corrected chi connectivity index (χ4v) is 3.44. The summed E-state index contributed by atoms with van der Waals surface area (Å²) in [5.74, 6) is 0. The molecule has 86 valence electrons. The van der Waals surface area contributed by atoms with Gasteiger partial charge in [-0.25, -0.2) is 0 Å². The summed E-state index contributed by atoms with van der Waals surface area (Å²) in [4.78, 5) is 11.9. The molecule has 1 N–H and O–H groups in total. The van der Waals surface area contributed by atoms with E-state index in [1.807, 2.05) is 11.3 Å². The molecule has 0 aliphatic rings. The highest BCUT2D eigenvalue weighted by atomic mass is 32.1. The van der Waals surface area contributed by atoms with Crippen molar-refractivity contribution in [2.75, 3.05) is 12.8 Å². The third kappa shape index (κ3) is 4.96. The maximum atomic E-state index is 11.1. The maximum Gasteiger partial charge on any atom is 0.197 e. The van der Waals surface area contributed by atoms with Crippen molar-refractivity contribution in [3.63, 3.8) is 0 Å². The quantitative estimate of drug-likeness (QED) is 0.636. The maximum absolute atomic E-state index is 11.1. The monoisotopic (exact) mass is 246 g/mol. The van der Waals surface area contributed by atoms with Crippen molar-refractivity contribution in [1.29, 1.82) is 0 Å². The molecule has 0 aromatic carbocycles. The predicted octanol–water partition coefficient (Wildman–Crippen LogP) is 3.59. The highest BCUT2D eigenvalue weighted by molar-refractivity contribution is 7.57. The van der Waals surface area contributed by atoms with Crippen LogP contribution < -0.4 is 0 Å². The summed E-state index contributed by atoms with van der Waals surface area (Å²) in [6.45, 7) is 5.70. The lowest BCUT2D eigenvalue weighted by Gasteiger charge is -2.04. The van der Waals surface area contributed by atoms with Crippen molar-refractivity contribution in [3.05, 3.63) is 21.4 Å². The fourth-order valence-electron chi connectivity index (χ4n) is 1.65. The molecule has 0 fully saturated rings. The highest BCUT2D eigenvalue weighted by Crippen LogP contribution is 2.36. The van der Waals surface area contributed by atoms with E-state index in [0.29, 0.717) is 6.16 Å². The van der Waals surface area contributed by atoms with Gasteiger partial charge in [0.25, 0.3) is 0 Å². The second kappa shape index (κ2) is 5.29. The first-order valence-corrected chi connectivity index (χ1v) is 8.34. The largest absolute Gasteiger partial charge is 0.344 e. The smallest absolute Gasteiger partial charge is 0.197 e. The molecule has 1 aromatic rings. The third-order valence-electron chi connectivity index (χ3n) is 2.41. The van der Waals surface area contributed by atoms with Gasteiger partial charge < -0.3 is 4.89 Å². The van der Waals surface area contributed by atoms with Gasteiger partial charge in [-0.2, -0.15) is 0 Å². The standard InChI is InChI=1S/C11H19O2PS/c1-9-8-11(10(2)15-9)6-4-5-7-14(3,12)13/h8H,4-7H2,1-3H3,(H,12,13). The summed E-state index contributed by atoms with van der Waals surface area (Å²) in [7, 11) is -2.79. The molecular weight excluding hydrogens is 227 g/mol. The third-order valence-corrected chi connectivity index (χ3v) is 4.57. The van der Waals surface area contributed by atoms with Gasteiger partial charge in [-0.1, -0.05) is 0 Å². The molecule has 0 saturated carbocycles. The molecule has 15 heavy (non-hydrogen) atoms. The van der Waals surface area contributed by atoms with Crippen LogP contribution in [0.2, 0.25) is 0 Å². The van der Waals surface area contributed by atoms with E-state index in [1.165, 1.54) is 22.0 Å². The van der Waals surface area contributed by atoms with Gasteiger partial charge in [0.1, 0.15) is 0 Å². The van der Waals surface area contributed by atoms with Crippen LogP contribution in [0.4, 0.5) is 0 Å². The molecule has 0 radical (unpaired) electrons. The van der Waals surface area contributed by atoms with Crippen molar-refractivity contribution in [1.82, 2.24) is 0 Å². The number of hydrogen-bond donors (Lipinski definition) is 1. The minimum Gasteiger partial charge on any atom is -0.344 e. The average molecular weight is 246 g/mol. The Hall–Kier alpha value is -0.110. The molecule has 0 aliphatic heterocycles. The van der Waals surface area contributed by atoms with Crippen LogP contribution in [0.3, 0.4) is 0 Å². The lowest BCUT2D eigenvalue weighted by Crippen LogP contribution is -1.90. The van der Waals surface area contributed by atoms with Gasteiger partial charge >= 0.3 is 0 Å². The minimum atomic E-state index is -2.79. The van der Waals surface area contributed by atoms with Gasteiger partial charge in [0.15, 0.2) is 7.37 Å². The van der Waals surface area contributed by atoms with E-state index < -0.39 is 7.37 Å². The number of thiophene rings is 1. The van der Waals surface area contributed by atoms with Gasteiger partial charge in [0.05, 0.1) is 0 Å². The van der Waals surface area contributed by atoms with Crippen molar-refractivity contribution in [2.24, 2.45) is 0 Å². The zero-order valence-electron chi connectivity index (χ0n) is 9.62. The van der Waals surface area contributed by atoms with E-state index in [4.69, 9.17) is 4.89 Å². The Bertz CT molecular complexity index is 365. The molecule has 0 spiro atoms. The predicted molar refractivity (Wildman–Crippen MR) is 67.3 cm³/mol. The normalized spacial score (nSPS) is 15.2. The molecule has 1 rings (SSSR count). The first-order chi connectivity index (χ1) is 6.88. The Kier molecular flexibility index (Phi) is 4.57. The zero-order chi connectivity index (χ0) is 11.5. The lowest BCUT2D eigenvalue weighted by atomic mass is 10.1. The molecule has 1 aromatic heterocycles. The first-order valence-electron chi connectivity index (χ1n) is 5.24. The summed E-state index contributed by atoms with van der Waals surface area (Å²) in [5.41, 5.74) is 1.40. The minimum absolute atomic E-state index is 0.454. The van der Waals surface area contributed by atoms with E-state index in [-0.39, 0.29) is 0 Å². The van der Waals surface area contributed by atoms with E-state index in [2.05, 4.69) is 19.9 Å². The Balaban J connectivity index is 2.32. The van der Waals surface area contributed by atoms with Gasteiger partial charge in [-0.05, 0) is 44.7 Å². The molecule has 1 unspecified atom stereocenters. The molecule has 0 aliphatic carbocycles. The molecule has 0 bridgehead atoms. The Labute approximate surface area is 95.8 Å². The molecule has 0 amide bonds. The van der Waals surface area contributed by atoms with Crippen molar-refractivity contribution < 1.29 is 9.46 Å². The Morgan fingerprint density at radius 2 is 2.07 bits per heavy atom. The Morgan fingerprint density at radius 3 is 2.53 bits per heavy atom. The zero-order valence-corrected chi connectivity index (χ0v) is 11.3. The van der Waals surface area contributed by atoms with Crippen LogP contribution in [0.1, 0.15) is 28.2 Å². The van der Waals surface area contributed by atoms with E-state index >= 15 is 0 Å². The van der Waals surface area contributed by atoms with Crippen LogP contribution in [-0.2, 0) is 11.0 Å². The van der Waals surface area contributed by atoms with Crippen LogP contribution in [-0.4, -0.2) is 17.7 Å². The number of aryl methyl sites for hydroxylation is 3. The number of rotatable bonds is 5. The van der Waals surface area contributed by atoms with Gasteiger partial charge in [0, 0.05) is 22.6 Å². The molecule has 4 heteroatoms. The molecule has 2 nitrogen and oxygen atoms in total. The van der Waals surface area contributed by atoms with Crippen molar-refractivity contribution in [3.8, 4) is 0 Å². The summed E-state index contributed by atoms with van der Waals surface area (Å²) < 4.78 is 11.1. The second-order valence-corrected chi connectivity index (χ2v) is 8.18. The summed E-state index contributed by atoms with van der Waals surface area (Å²) in [6, 6.07) is 2.23. The molecule has 0 saturated heterocycles. The van der Waals surface area contributed by atoms with Crippen LogP contribution in [0, 0.1) is 13.8 Å². The van der Waals surface area contributed by atoms with Crippen molar-refractivity contribution in [2.45, 2.75) is 33.1 Å². The number of unbranched alkanes of at least 4 members (excludes halogenated alkanes) is 1. The van der Waals surface area contributed by atoms with Gasteiger partial charge in [0.2, 0.25) is 0 Å². The molecular formula is C11H19O2PS. The molecule has 1 heterocycles. The van der Waals surface area contributed by atoms with Crippen LogP contribution in [0.15, 0.2) is 6.07 Å². The van der Waals surface area contributed by atoms with Gasteiger partial charge in [-0.3, -0.25) is 4.57 Å². The summed E-state index contributed by atoms with van der Waals surface area (Å²) >= 11 is 1.83. The molecule has 1 atom stereocenters. The number of hydrogen-bond acceptors (Lipinski definition) is 2. The first kappa shape index (κ1) is 13.0. The average Bonchev–Trinajstić information content (AvgIpc) is 2.37. The SMILES string of the molecule is Cc1cc(CCCCP(C)(=O)O)c(C)s1. The van der Waals surface area contributed by atoms with Crippen LogP contribution in [0.25, 0.3) is 0 Å². The van der Waals surface area contributed by atoms with Crippen LogP contribution in [0.5, 0.6) is 0 Å². The summed E-state index contributed by atoms with van der Waals surface area (Å²) in [5, 5.41) is 0. The van der Waals surface area contributed by atoms with E-state index in [1.54, 1.807) is 0 Å². The fraction of sp³-hybridized carbons (Fsp3) is 0.636. The second-order valence-electron chi connectivity index (χ2n) is 4.17.